The lowest BCUT2D eigenvalue weighted by molar-refractivity contribution is -0.130. The van der Waals surface area contributed by atoms with Crippen molar-refractivity contribution in [1.29, 1.82) is 0 Å². The van der Waals surface area contributed by atoms with Crippen LogP contribution in [-0.4, -0.2) is 30.7 Å². The highest BCUT2D eigenvalue weighted by Crippen LogP contribution is 2.21. The molecule has 0 saturated heterocycles. The molecule has 0 heterocycles. The Hall–Kier alpha value is -0.610. The quantitative estimate of drug-likeness (QED) is 0.715. The zero-order chi connectivity index (χ0) is 10.7. The third kappa shape index (κ3) is 3.18. The second-order valence-electron chi connectivity index (χ2n) is 4.71. The summed E-state index contributed by atoms with van der Waals surface area (Å²) in [5, 5.41) is 3.00. The Morgan fingerprint density at radius 1 is 1.33 bits per heavy atom. The maximum atomic E-state index is 11.5. The van der Waals surface area contributed by atoms with E-state index >= 15 is 0 Å². The van der Waals surface area contributed by atoms with Crippen LogP contribution in [0.15, 0.2) is 0 Å². The molecular weight excluding hydrogens is 192 g/mol. The summed E-state index contributed by atoms with van der Waals surface area (Å²) in [6.45, 7) is 0.202. The molecule has 1 amide bonds. The number of nitrogens with two attached hydrogens (primary N) is 1. The van der Waals surface area contributed by atoms with Crippen LogP contribution in [0, 0.1) is 0 Å². The first-order valence-corrected chi connectivity index (χ1v) is 5.90. The predicted octanol–water partition coefficient (Wildman–Crippen LogP) is 0.551. The van der Waals surface area contributed by atoms with Crippen LogP contribution in [0.1, 0.15) is 38.5 Å². The molecule has 4 nitrogen and oxygen atoms in total. The van der Waals surface area contributed by atoms with E-state index in [2.05, 4.69) is 5.32 Å². The lowest BCUT2D eigenvalue weighted by atomic mass is 9.90. The molecule has 4 heteroatoms. The summed E-state index contributed by atoms with van der Waals surface area (Å²) in [4.78, 5) is 11.5. The van der Waals surface area contributed by atoms with Crippen LogP contribution in [-0.2, 0) is 9.53 Å². The fourth-order valence-electron chi connectivity index (χ4n) is 2.28. The van der Waals surface area contributed by atoms with Crippen LogP contribution < -0.4 is 11.1 Å². The molecule has 0 unspecified atom stereocenters. The summed E-state index contributed by atoms with van der Waals surface area (Å²) in [5.74, 6) is 0.0300. The standard InChI is InChI=1S/C11H20N2O2/c12-8-5-10(6-8)15-7-11(14)13-9-3-1-2-4-9/h8-10H,1-7,12H2,(H,13,14). The van der Waals surface area contributed by atoms with Gasteiger partial charge < -0.3 is 15.8 Å². The summed E-state index contributed by atoms with van der Waals surface area (Å²) in [6.07, 6.45) is 6.74. The van der Waals surface area contributed by atoms with E-state index in [0.29, 0.717) is 6.04 Å². The monoisotopic (exact) mass is 212 g/mol. The van der Waals surface area contributed by atoms with Crippen molar-refractivity contribution in [3.05, 3.63) is 0 Å². The summed E-state index contributed by atoms with van der Waals surface area (Å²) >= 11 is 0. The third-order valence-corrected chi connectivity index (χ3v) is 3.30. The van der Waals surface area contributed by atoms with Crippen molar-refractivity contribution >= 4 is 5.91 Å². The predicted molar refractivity (Wildman–Crippen MR) is 57.3 cm³/mol. The van der Waals surface area contributed by atoms with E-state index in [9.17, 15) is 4.79 Å². The minimum absolute atomic E-state index is 0.0300. The van der Waals surface area contributed by atoms with Gasteiger partial charge in [-0.1, -0.05) is 12.8 Å². The second kappa shape index (κ2) is 4.94. The van der Waals surface area contributed by atoms with E-state index in [-0.39, 0.29) is 24.7 Å². The Kier molecular flexibility index (Phi) is 3.59. The molecule has 0 aliphatic heterocycles. The number of carbonyl (C=O) groups excluding carboxylic acids is 1. The van der Waals surface area contributed by atoms with E-state index in [1.54, 1.807) is 0 Å². The summed E-state index contributed by atoms with van der Waals surface area (Å²) < 4.78 is 5.43. The molecule has 2 saturated carbocycles. The van der Waals surface area contributed by atoms with Crippen molar-refractivity contribution in [2.24, 2.45) is 5.73 Å². The Morgan fingerprint density at radius 2 is 2.00 bits per heavy atom. The topological polar surface area (TPSA) is 64.3 Å². The minimum Gasteiger partial charge on any atom is -0.368 e. The fourth-order valence-corrected chi connectivity index (χ4v) is 2.28. The molecule has 0 aromatic carbocycles. The second-order valence-corrected chi connectivity index (χ2v) is 4.71. The van der Waals surface area contributed by atoms with E-state index < -0.39 is 0 Å². The van der Waals surface area contributed by atoms with Crippen LogP contribution in [0.2, 0.25) is 0 Å². The van der Waals surface area contributed by atoms with Gasteiger partial charge in [0.15, 0.2) is 0 Å². The van der Waals surface area contributed by atoms with Gasteiger partial charge in [-0.15, -0.1) is 0 Å². The number of nitrogens with one attached hydrogen (secondary N) is 1. The van der Waals surface area contributed by atoms with E-state index in [4.69, 9.17) is 10.5 Å². The first-order chi connectivity index (χ1) is 7.24. The molecule has 2 rings (SSSR count). The molecule has 2 aliphatic carbocycles. The number of amides is 1. The minimum atomic E-state index is 0.0300. The summed E-state index contributed by atoms with van der Waals surface area (Å²) in [6, 6.07) is 0.678. The third-order valence-electron chi connectivity index (χ3n) is 3.30. The van der Waals surface area contributed by atoms with Crippen molar-refractivity contribution < 1.29 is 9.53 Å². The Morgan fingerprint density at radius 3 is 2.60 bits per heavy atom. The highest BCUT2D eigenvalue weighted by molar-refractivity contribution is 5.77. The highest BCUT2D eigenvalue weighted by atomic mass is 16.5. The van der Waals surface area contributed by atoms with Crippen LogP contribution >= 0.6 is 0 Å². The Bertz CT molecular complexity index is 221. The molecule has 0 bridgehead atoms. The molecule has 2 fully saturated rings. The number of hydrogen-bond acceptors (Lipinski definition) is 3. The van der Waals surface area contributed by atoms with Gasteiger partial charge in [0.1, 0.15) is 6.61 Å². The van der Waals surface area contributed by atoms with Gasteiger partial charge in [0, 0.05) is 12.1 Å². The largest absolute Gasteiger partial charge is 0.368 e. The van der Waals surface area contributed by atoms with Gasteiger partial charge in [0.05, 0.1) is 6.10 Å². The maximum Gasteiger partial charge on any atom is 0.246 e. The molecule has 15 heavy (non-hydrogen) atoms. The smallest absolute Gasteiger partial charge is 0.246 e. The average Bonchev–Trinajstić information content (AvgIpc) is 2.63. The number of rotatable bonds is 4. The highest BCUT2D eigenvalue weighted by Gasteiger charge is 2.27. The molecule has 0 aromatic heterocycles. The van der Waals surface area contributed by atoms with Crippen LogP contribution in [0.4, 0.5) is 0 Å². The van der Waals surface area contributed by atoms with E-state index in [1.165, 1.54) is 12.8 Å². The van der Waals surface area contributed by atoms with Crippen LogP contribution in [0.25, 0.3) is 0 Å². The molecule has 0 atom stereocenters. The van der Waals surface area contributed by atoms with Gasteiger partial charge in [0.25, 0.3) is 0 Å². The zero-order valence-electron chi connectivity index (χ0n) is 9.08. The number of ether oxygens (including phenoxy) is 1. The summed E-state index contributed by atoms with van der Waals surface area (Å²) in [5.41, 5.74) is 5.63. The van der Waals surface area contributed by atoms with E-state index in [0.717, 1.165) is 25.7 Å². The average molecular weight is 212 g/mol. The lowest BCUT2D eigenvalue weighted by Gasteiger charge is -2.32. The zero-order valence-corrected chi connectivity index (χ0v) is 9.08. The molecule has 0 radical (unpaired) electrons. The molecule has 86 valence electrons. The summed E-state index contributed by atoms with van der Waals surface area (Å²) in [7, 11) is 0. The first kappa shape index (κ1) is 10.9. The van der Waals surface area contributed by atoms with Crippen molar-refractivity contribution in [1.82, 2.24) is 5.32 Å². The van der Waals surface area contributed by atoms with Gasteiger partial charge in [0.2, 0.25) is 5.91 Å². The van der Waals surface area contributed by atoms with Crippen molar-refractivity contribution in [3.63, 3.8) is 0 Å². The Labute approximate surface area is 90.5 Å². The van der Waals surface area contributed by atoms with Crippen LogP contribution in [0.5, 0.6) is 0 Å². The fraction of sp³-hybridized carbons (Fsp3) is 0.909. The lowest BCUT2D eigenvalue weighted by Crippen LogP contribution is -2.44. The normalized spacial score (nSPS) is 31.3. The molecule has 2 aliphatic rings. The SMILES string of the molecule is NC1CC(OCC(=O)NC2CCCC2)C1. The van der Waals surface area contributed by atoms with Crippen LogP contribution in [0.3, 0.4) is 0 Å². The molecule has 0 spiro atoms. The van der Waals surface area contributed by atoms with Crippen molar-refractivity contribution in [2.45, 2.75) is 56.7 Å². The number of hydrogen-bond donors (Lipinski definition) is 2. The molecule has 0 aromatic rings. The van der Waals surface area contributed by atoms with Gasteiger partial charge in [-0.2, -0.15) is 0 Å². The van der Waals surface area contributed by atoms with Crippen molar-refractivity contribution in [3.8, 4) is 0 Å². The van der Waals surface area contributed by atoms with Gasteiger partial charge in [-0.05, 0) is 25.7 Å². The molecular formula is C11H20N2O2. The van der Waals surface area contributed by atoms with Gasteiger partial charge in [-0.25, -0.2) is 0 Å². The first-order valence-electron chi connectivity index (χ1n) is 5.90. The van der Waals surface area contributed by atoms with Crippen molar-refractivity contribution in [2.75, 3.05) is 6.61 Å². The number of carbonyl (C=O) groups is 1. The van der Waals surface area contributed by atoms with Gasteiger partial charge in [-0.3, -0.25) is 4.79 Å². The molecule has 3 N–H and O–H groups in total. The maximum absolute atomic E-state index is 11.5. The Balaban J connectivity index is 1.56. The van der Waals surface area contributed by atoms with E-state index in [1.807, 2.05) is 0 Å². The van der Waals surface area contributed by atoms with Gasteiger partial charge >= 0.3 is 0 Å².